The molecule has 0 saturated carbocycles. The van der Waals surface area contributed by atoms with Crippen LogP contribution in [-0.4, -0.2) is 54.5 Å². The third kappa shape index (κ3) is 5.12. The van der Waals surface area contributed by atoms with Gasteiger partial charge in [0.2, 0.25) is 0 Å². The molecule has 6 aromatic rings. The highest BCUT2D eigenvalue weighted by Gasteiger charge is 2.28. The van der Waals surface area contributed by atoms with Crippen molar-refractivity contribution in [2.45, 2.75) is 93.1 Å². The van der Waals surface area contributed by atoms with E-state index in [2.05, 4.69) is 119 Å². The van der Waals surface area contributed by atoms with E-state index in [1.165, 1.54) is 75.7 Å². The predicted molar refractivity (Wildman–Crippen MR) is 216 cm³/mol. The molecule has 0 aliphatic rings. The molecule has 254 valence electrons. The summed E-state index contributed by atoms with van der Waals surface area (Å²) < 4.78 is 0. The Hall–Kier alpha value is -3.22. The number of hydrogen-bond acceptors (Lipinski definition) is 4. The number of rotatable bonds is 10. The van der Waals surface area contributed by atoms with Crippen LogP contribution in [-0.2, 0) is 0 Å². The smallest absolute Gasteiger partial charge is 0.161 e. The molecular formula is C42H54N4S2. The molecule has 0 N–H and O–H groups in total. The lowest BCUT2D eigenvalue weighted by Gasteiger charge is -2.36. The molecule has 6 heteroatoms. The Balaban J connectivity index is 1.73. The third-order valence-electron chi connectivity index (χ3n) is 11.7. The van der Waals surface area contributed by atoms with Gasteiger partial charge in [-0.25, -0.2) is 19.9 Å². The molecule has 0 fully saturated rings. The van der Waals surface area contributed by atoms with Crippen molar-refractivity contribution in [3.05, 3.63) is 70.0 Å². The summed E-state index contributed by atoms with van der Waals surface area (Å²) in [5, 5.41) is 10.2. The van der Waals surface area contributed by atoms with Gasteiger partial charge in [0, 0.05) is 22.5 Å². The standard InChI is InChI=1S/C42H54N4S2/c1-13-47(14-2,15-3)35-23-25(7)43-41(45-35)37-29(11)27(9)31-20-22-34-38(30(12)28(10)32-19-21-33(37)39(31)40(32)34)42-44-26(8)24-36(46-42)48(16-4,17-5)18-6/h19-24H,13-18H2,1-12H3. The van der Waals surface area contributed by atoms with Crippen LogP contribution in [0.25, 0.3) is 55.1 Å². The zero-order valence-corrected chi connectivity index (χ0v) is 32.9. The molecule has 0 spiro atoms. The highest BCUT2D eigenvalue weighted by molar-refractivity contribution is 8.33. The summed E-state index contributed by atoms with van der Waals surface area (Å²) in [6.45, 7) is 27.4. The molecule has 0 radical (unpaired) electrons. The van der Waals surface area contributed by atoms with Crippen LogP contribution >= 0.6 is 20.1 Å². The fourth-order valence-electron chi connectivity index (χ4n) is 8.16. The molecule has 4 aromatic carbocycles. The first-order valence-electron chi connectivity index (χ1n) is 17.9. The molecule has 0 atom stereocenters. The summed E-state index contributed by atoms with van der Waals surface area (Å²) in [5.41, 5.74) is 9.58. The van der Waals surface area contributed by atoms with E-state index in [0.29, 0.717) is 0 Å². The van der Waals surface area contributed by atoms with Crippen LogP contribution in [0.4, 0.5) is 0 Å². The van der Waals surface area contributed by atoms with Gasteiger partial charge < -0.3 is 0 Å². The fraction of sp³-hybridized carbons (Fsp3) is 0.429. The van der Waals surface area contributed by atoms with Gasteiger partial charge in [0.1, 0.15) is 0 Å². The second kappa shape index (κ2) is 12.9. The lowest BCUT2D eigenvalue weighted by Crippen LogP contribution is -2.13. The van der Waals surface area contributed by atoms with E-state index in [-0.39, 0.29) is 0 Å². The molecule has 6 rings (SSSR count). The van der Waals surface area contributed by atoms with Gasteiger partial charge in [-0.2, -0.15) is 20.1 Å². The second-order valence-electron chi connectivity index (χ2n) is 13.5. The Morgan fingerprint density at radius 3 is 1.04 bits per heavy atom. The maximum Gasteiger partial charge on any atom is 0.161 e. The molecule has 4 nitrogen and oxygen atoms in total. The predicted octanol–water partition coefficient (Wildman–Crippen LogP) is 11.8. The number of hydrogen-bond donors (Lipinski definition) is 0. The lowest BCUT2D eigenvalue weighted by molar-refractivity contribution is 1.000. The van der Waals surface area contributed by atoms with Crippen LogP contribution in [0.15, 0.2) is 46.5 Å². The van der Waals surface area contributed by atoms with E-state index in [1.54, 1.807) is 0 Å². The monoisotopic (exact) mass is 678 g/mol. The zero-order valence-electron chi connectivity index (χ0n) is 31.3. The van der Waals surface area contributed by atoms with Gasteiger partial charge in [0.15, 0.2) is 11.6 Å². The van der Waals surface area contributed by atoms with Crippen LogP contribution in [0.2, 0.25) is 0 Å². The zero-order chi connectivity index (χ0) is 34.7. The Kier molecular flexibility index (Phi) is 9.32. The van der Waals surface area contributed by atoms with Crippen molar-refractivity contribution in [3.8, 4) is 22.8 Å². The van der Waals surface area contributed by atoms with Crippen molar-refractivity contribution >= 4 is 52.4 Å². The van der Waals surface area contributed by atoms with E-state index in [4.69, 9.17) is 19.9 Å². The Bertz CT molecular complexity index is 2000. The quantitative estimate of drug-likeness (QED) is 0.107. The average molecular weight is 679 g/mol. The van der Waals surface area contributed by atoms with E-state index < -0.39 is 20.1 Å². The van der Waals surface area contributed by atoms with Gasteiger partial charge in [0.25, 0.3) is 0 Å². The molecule has 0 bridgehead atoms. The lowest BCUT2D eigenvalue weighted by atomic mass is 9.82. The summed E-state index contributed by atoms with van der Waals surface area (Å²) in [4.78, 5) is 21.2. The van der Waals surface area contributed by atoms with E-state index in [9.17, 15) is 0 Å². The maximum absolute atomic E-state index is 5.44. The molecule has 0 aliphatic carbocycles. The van der Waals surface area contributed by atoms with Crippen molar-refractivity contribution < 1.29 is 0 Å². The molecule has 2 aromatic heterocycles. The minimum Gasteiger partial charge on any atom is -0.233 e. The van der Waals surface area contributed by atoms with Gasteiger partial charge >= 0.3 is 0 Å². The fourth-order valence-corrected chi connectivity index (χ4v) is 13.8. The first-order valence-corrected chi connectivity index (χ1v) is 22.2. The number of aryl methyl sites for hydroxylation is 4. The summed E-state index contributed by atoms with van der Waals surface area (Å²) in [5.74, 6) is 8.62. The van der Waals surface area contributed by atoms with E-state index in [0.717, 1.165) is 57.6 Å². The first-order chi connectivity index (χ1) is 22.9. The highest BCUT2D eigenvalue weighted by atomic mass is 32.3. The third-order valence-corrected chi connectivity index (χ3v) is 20.5. The van der Waals surface area contributed by atoms with Crippen molar-refractivity contribution in [2.24, 2.45) is 0 Å². The molecule has 0 aliphatic heterocycles. The second-order valence-corrected chi connectivity index (χ2v) is 22.0. The minimum atomic E-state index is -1.00. The van der Waals surface area contributed by atoms with Crippen molar-refractivity contribution in [3.63, 3.8) is 0 Å². The summed E-state index contributed by atoms with van der Waals surface area (Å²) in [7, 11) is -2.00. The van der Waals surface area contributed by atoms with Gasteiger partial charge in [-0.3, -0.25) is 0 Å². The summed E-state index contributed by atoms with van der Waals surface area (Å²) in [6.07, 6.45) is 0. The Morgan fingerprint density at radius 2 is 0.729 bits per heavy atom. The maximum atomic E-state index is 5.44. The largest absolute Gasteiger partial charge is 0.233 e. The molecule has 0 amide bonds. The van der Waals surface area contributed by atoms with Crippen LogP contribution in [0, 0.1) is 41.5 Å². The molecule has 48 heavy (non-hydrogen) atoms. The van der Waals surface area contributed by atoms with Crippen LogP contribution in [0.5, 0.6) is 0 Å². The Morgan fingerprint density at radius 1 is 0.417 bits per heavy atom. The van der Waals surface area contributed by atoms with Gasteiger partial charge in [-0.05, 0) is 143 Å². The SMILES string of the molecule is CCS(CC)(CC)c1cc(C)nc(-c2c(C)c(C)c3ccc4c(-c5nc(C)cc(S(CC)(CC)CC)n5)c(C)c(C)c5ccc2c3c54)n1. The molecule has 0 saturated heterocycles. The van der Waals surface area contributed by atoms with Crippen LogP contribution in [0.1, 0.15) is 75.2 Å². The number of benzene rings is 4. The average Bonchev–Trinajstić information content (AvgIpc) is 3.08. The van der Waals surface area contributed by atoms with Crippen LogP contribution < -0.4 is 0 Å². The van der Waals surface area contributed by atoms with Gasteiger partial charge in [-0.1, -0.05) is 65.8 Å². The molecular weight excluding hydrogens is 625 g/mol. The molecule has 2 heterocycles. The minimum absolute atomic E-state index is 0.869. The van der Waals surface area contributed by atoms with Crippen molar-refractivity contribution in [1.82, 2.24) is 19.9 Å². The highest BCUT2D eigenvalue weighted by Crippen LogP contribution is 2.56. The van der Waals surface area contributed by atoms with Gasteiger partial charge in [0.05, 0.1) is 10.1 Å². The number of nitrogens with zero attached hydrogens (tertiary/aromatic N) is 4. The van der Waals surface area contributed by atoms with Gasteiger partial charge in [-0.15, -0.1) is 0 Å². The van der Waals surface area contributed by atoms with Crippen LogP contribution in [0.3, 0.4) is 0 Å². The van der Waals surface area contributed by atoms with Crippen molar-refractivity contribution in [1.29, 1.82) is 0 Å². The summed E-state index contributed by atoms with van der Waals surface area (Å²) in [6, 6.07) is 13.9. The van der Waals surface area contributed by atoms with Crippen molar-refractivity contribution in [2.75, 3.05) is 34.5 Å². The Labute approximate surface area is 291 Å². The topological polar surface area (TPSA) is 51.6 Å². The van der Waals surface area contributed by atoms with E-state index in [1.807, 2.05) is 0 Å². The summed E-state index contributed by atoms with van der Waals surface area (Å²) >= 11 is 0. The van der Waals surface area contributed by atoms with E-state index >= 15 is 0 Å². The number of aromatic nitrogens is 4. The normalized spacial score (nSPS) is 13.3. The molecule has 0 unspecified atom stereocenters. The first kappa shape index (κ1) is 34.6.